The molecule has 204 valence electrons. The van der Waals surface area contributed by atoms with E-state index in [-0.39, 0.29) is 41.5 Å². The molecular formula is C29H31N3O5S2. The van der Waals surface area contributed by atoms with Crippen LogP contribution in [-0.2, 0) is 19.6 Å². The highest BCUT2D eigenvalue weighted by atomic mass is 32.2. The molecule has 1 N–H and O–H groups in total. The molecule has 0 bridgehead atoms. The molecular weight excluding hydrogens is 534 g/mol. The predicted molar refractivity (Wildman–Crippen MR) is 150 cm³/mol. The van der Waals surface area contributed by atoms with Crippen molar-refractivity contribution in [1.82, 2.24) is 14.5 Å². The average molecular weight is 566 g/mol. The van der Waals surface area contributed by atoms with E-state index in [2.05, 4.69) is 5.32 Å². The second-order valence-corrected chi connectivity index (χ2v) is 13.3. The van der Waals surface area contributed by atoms with Crippen LogP contribution in [0.1, 0.15) is 36.4 Å². The third kappa shape index (κ3) is 5.41. The molecule has 1 aromatic heterocycles. The Kier molecular flexibility index (Phi) is 7.70. The van der Waals surface area contributed by atoms with Crippen LogP contribution in [0, 0.1) is 5.92 Å². The van der Waals surface area contributed by atoms with E-state index in [1.807, 2.05) is 50.2 Å². The van der Waals surface area contributed by atoms with Crippen molar-refractivity contribution >= 4 is 39.0 Å². The Balaban J connectivity index is 1.33. The van der Waals surface area contributed by atoms with Gasteiger partial charge in [0.15, 0.2) is 5.78 Å². The fourth-order valence-corrected chi connectivity index (χ4v) is 7.97. The Morgan fingerprint density at radius 2 is 1.67 bits per heavy atom. The highest BCUT2D eigenvalue weighted by molar-refractivity contribution is 7.89. The molecule has 3 aromatic rings. The third-order valence-corrected chi connectivity index (χ3v) is 10.2. The van der Waals surface area contributed by atoms with Crippen LogP contribution in [0.3, 0.4) is 0 Å². The number of ketones is 1. The van der Waals surface area contributed by atoms with Gasteiger partial charge < -0.3 is 10.2 Å². The molecule has 39 heavy (non-hydrogen) atoms. The van der Waals surface area contributed by atoms with E-state index in [4.69, 9.17) is 0 Å². The Hall–Kier alpha value is -3.34. The number of nitrogens with one attached hydrogen (secondary N) is 1. The number of nitrogens with zero attached hydrogens (tertiary/aromatic N) is 2. The first-order chi connectivity index (χ1) is 18.7. The number of sulfonamides is 1. The molecule has 5 rings (SSSR count). The summed E-state index contributed by atoms with van der Waals surface area (Å²) in [5, 5.41) is 2.91. The standard InChI is InChI=1S/C29H31N3O5S2/c1-19(2)17-22(30-28(34)26-14-13-25(38-26)20-9-5-3-6-10-20)29(35)31-16-15-23-27(31)24(33)18-32(23)39(36,37)21-11-7-4-8-12-21/h3-14,19,22-23,27H,15-18H2,1-2H3,(H,30,34). The molecule has 10 heteroatoms. The number of amides is 2. The van der Waals surface area contributed by atoms with Gasteiger partial charge in [-0.1, -0.05) is 62.4 Å². The van der Waals surface area contributed by atoms with Gasteiger partial charge in [0.1, 0.15) is 12.1 Å². The second kappa shape index (κ2) is 11.0. The molecule has 3 atom stereocenters. The summed E-state index contributed by atoms with van der Waals surface area (Å²) in [6.45, 7) is 3.91. The first kappa shape index (κ1) is 27.2. The van der Waals surface area contributed by atoms with Gasteiger partial charge >= 0.3 is 0 Å². The first-order valence-corrected chi connectivity index (χ1v) is 15.3. The van der Waals surface area contributed by atoms with E-state index in [1.54, 1.807) is 24.3 Å². The maximum Gasteiger partial charge on any atom is 0.262 e. The summed E-state index contributed by atoms with van der Waals surface area (Å²) in [5.74, 6) is -0.888. The number of hydrogen-bond acceptors (Lipinski definition) is 6. The lowest BCUT2D eigenvalue weighted by Crippen LogP contribution is -2.52. The number of likely N-dealkylation sites (tertiary alicyclic amines) is 1. The van der Waals surface area contributed by atoms with Gasteiger partial charge in [-0.05, 0) is 48.6 Å². The Morgan fingerprint density at radius 3 is 2.33 bits per heavy atom. The number of carbonyl (C=O) groups excluding carboxylic acids is 3. The van der Waals surface area contributed by atoms with Crippen molar-refractivity contribution in [2.45, 2.75) is 49.7 Å². The fraction of sp³-hybridized carbons (Fsp3) is 0.345. The largest absolute Gasteiger partial charge is 0.340 e. The van der Waals surface area contributed by atoms with Gasteiger partial charge in [0.2, 0.25) is 15.9 Å². The minimum Gasteiger partial charge on any atom is -0.340 e. The van der Waals surface area contributed by atoms with Crippen LogP contribution in [0.2, 0.25) is 0 Å². The summed E-state index contributed by atoms with van der Waals surface area (Å²) >= 11 is 1.35. The molecule has 0 saturated carbocycles. The Morgan fingerprint density at radius 1 is 1.00 bits per heavy atom. The van der Waals surface area contributed by atoms with Crippen molar-refractivity contribution in [2.75, 3.05) is 13.1 Å². The lowest BCUT2D eigenvalue weighted by atomic mass is 10.0. The number of fused-ring (bicyclic) bond motifs is 1. The van der Waals surface area contributed by atoms with E-state index in [0.29, 0.717) is 17.7 Å². The fourth-order valence-electron chi connectivity index (χ4n) is 5.41. The van der Waals surface area contributed by atoms with E-state index >= 15 is 0 Å². The van der Waals surface area contributed by atoms with Crippen LogP contribution in [0.5, 0.6) is 0 Å². The number of rotatable bonds is 8. The van der Waals surface area contributed by atoms with E-state index in [0.717, 1.165) is 10.4 Å². The van der Waals surface area contributed by atoms with Gasteiger partial charge in [-0.25, -0.2) is 8.42 Å². The van der Waals surface area contributed by atoms with Crippen molar-refractivity contribution in [3.8, 4) is 10.4 Å². The SMILES string of the molecule is CC(C)CC(NC(=O)c1ccc(-c2ccccc2)s1)C(=O)N1CCC2C1C(=O)CN2S(=O)(=O)c1ccccc1. The Labute approximate surface area is 232 Å². The zero-order valence-electron chi connectivity index (χ0n) is 21.8. The maximum atomic E-state index is 13.8. The normalized spacial score (nSPS) is 20.3. The number of benzene rings is 2. The van der Waals surface area contributed by atoms with Crippen molar-refractivity contribution in [2.24, 2.45) is 5.92 Å². The minimum atomic E-state index is -3.88. The van der Waals surface area contributed by atoms with Crippen LogP contribution < -0.4 is 5.32 Å². The monoisotopic (exact) mass is 565 g/mol. The van der Waals surface area contributed by atoms with Crippen molar-refractivity contribution in [3.05, 3.63) is 77.7 Å². The summed E-state index contributed by atoms with van der Waals surface area (Å²) in [4.78, 5) is 43.1. The molecule has 2 aliphatic heterocycles. The molecule has 2 amide bonds. The summed E-state index contributed by atoms with van der Waals surface area (Å²) in [7, 11) is -3.88. The highest BCUT2D eigenvalue weighted by Gasteiger charge is 2.54. The topological polar surface area (TPSA) is 104 Å². The Bertz CT molecular complexity index is 1470. The van der Waals surface area contributed by atoms with Crippen molar-refractivity contribution in [1.29, 1.82) is 0 Å². The molecule has 2 aliphatic rings. The lowest BCUT2D eigenvalue weighted by molar-refractivity contribution is -0.138. The third-order valence-electron chi connectivity index (χ3n) is 7.21. The van der Waals surface area contributed by atoms with Gasteiger partial charge in [0.05, 0.1) is 22.4 Å². The van der Waals surface area contributed by atoms with Crippen LogP contribution in [0.25, 0.3) is 10.4 Å². The van der Waals surface area contributed by atoms with Crippen molar-refractivity contribution in [3.63, 3.8) is 0 Å². The summed E-state index contributed by atoms with van der Waals surface area (Å²) in [5.41, 5.74) is 1.01. The van der Waals surface area contributed by atoms with Gasteiger partial charge in [-0.15, -0.1) is 11.3 Å². The molecule has 2 aromatic carbocycles. The van der Waals surface area contributed by atoms with Gasteiger partial charge in [0.25, 0.3) is 5.91 Å². The van der Waals surface area contributed by atoms with E-state index in [1.165, 1.54) is 32.7 Å². The number of Topliss-reactive ketones (excluding diaryl/α,β-unsaturated/α-hetero) is 1. The van der Waals surface area contributed by atoms with Crippen LogP contribution in [0.15, 0.2) is 77.7 Å². The quantitative estimate of drug-likeness (QED) is 0.448. The van der Waals surface area contributed by atoms with E-state index in [9.17, 15) is 22.8 Å². The molecule has 2 fully saturated rings. The number of carbonyl (C=O) groups is 3. The smallest absolute Gasteiger partial charge is 0.262 e. The molecule has 0 radical (unpaired) electrons. The number of thiophene rings is 1. The summed E-state index contributed by atoms with van der Waals surface area (Å²) in [6, 6.07) is 19.1. The minimum absolute atomic E-state index is 0.107. The second-order valence-electron chi connectivity index (χ2n) is 10.3. The molecule has 0 spiro atoms. The molecule has 0 aliphatic carbocycles. The first-order valence-electron chi connectivity index (χ1n) is 13.0. The average Bonchev–Trinajstić information content (AvgIpc) is 3.66. The number of hydrogen-bond donors (Lipinski definition) is 1. The van der Waals surface area contributed by atoms with Crippen LogP contribution >= 0.6 is 11.3 Å². The van der Waals surface area contributed by atoms with Gasteiger partial charge in [-0.2, -0.15) is 4.31 Å². The summed E-state index contributed by atoms with van der Waals surface area (Å²) in [6.07, 6.45) is 0.761. The molecule has 3 heterocycles. The lowest BCUT2D eigenvalue weighted by Gasteiger charge is -2.29. The van der Waals surface area contributed by atoms with Gasteiger partial charge in [-0.3, -0.25) is 14.4 Å². The maximum absolute atomic E-state index is 13.8. The van der Waals surface area contributed by atoms with Crippen molar-refractivity contribution < 1.29 is 22.8 Å². The van der Waals surface area contributed by atoms with E-state index < -0.39 is 28.1 Å². The molecule has 2 saturated heterocycles. The van der Waals surface area contributed by atoms with Crippen LogP contribution in [-0.4, -0.2) is 66.4 Å². The summed E-state index contributed by atoms with van der Waals surface area (Å²) < 4.78 is 27.8. The van der Waals surface area contributed by atoms with Gasteiger partial charge in [0, 0.05) is 11.4 Å². The zero-order chi connectivity index (χ0) is 27.7. The van der Waals surface area contributed by atoms with Crippen LogP contribution in [0.4, 0.5) is 0 Å². The highest BCUT2D eigenvalue weighted by Crippen LogP contribution is 2.35. The molecule has 8 nitrogen and oxygen atoms in total. The predicted octanol–water partition coefficient (Wildman–Crippen LogP) is 3.80. The zero-order valence-corrected chi connectivity index (χ0v) is 23.5. The molecule has 3 unspecified atom stereocenters.